The fraction of sp³-hybridized carbons (Fsp3) is 0.333. The SMILES string of the molecule is Cc1noc(C)c1CSCC(=O)OCC(=O)Nc1cccnc1Cl. The molecule has 0 bridgehead atoms. The van der Waals surface area contributed by atoms with E-state index in [-0.39, 0.29) is 17.5 Å². The van der Waals surface area contributed by atoms with E-state index in [1.807, 2.05) is 13.8 Å². The third-order valence-electron chi connectivity index (χ3n) is 3.04. The summed E-state index contributed by atoms with van der Waals surface area (Å²) in [6, 6.07) is 3.24. The highest BCUT2D eigenvalue weighted by Gasteiger charge is 2.12. The van der Waals surface area contributed by atoms with Gasteiger partial charge in [-0.2, -0.15) is 0 Å². The van der Waals surface area contributed by atoms with Gasteiger partial charge in [-0.3, -0.25) is 9.59 Å². The van der Waals surface area contributed by atoms with Gasteiger partial charge in [0.25, 0.3) is 5.91 Å². The zero-order chi connectivity index (χ0) is 17.5. The number of amides is 1. The normalized spacial score (nSPS) is 10.5. The Bertz CT molecular complexity index is 716. The number of hydrogen-bond acceptors (Lipinski definition) is 7. The molecule has 0 saturated carbocycles. The molecular formula is C15H16ClN3O4S. The lowest BCUT2D eigenvalue weighted by Gasteiger charge is -2.07. The molecule has 0 aromatic carbocycles. The summed E-state index contributed by atoms with van der Waals surface area (Å²) in [6.45, 7) is 3.29. The standard InChI is InChI=1S/C15H16ClN3O4S/c1-9-11(10(2)23-19-9)7-24-8-14(21)22-6-13(20)18-12-4-3-5-17-15(12)16/h3-5H,6-8H2,1-2H3,(H,18,20). The Balaban J connectivity index is 1.69. The van der Waals surface area contributed by atoms with Gasteiger partial charge in [-0.15, -0.1) is 11.8 Å². The molecule has 0 saturated heterocycles. The van der Waals surface area contributed by atoms with E-state index in [4.69, 9.17) is 20.9 Å². The average molecular weight is 370 g/mol. The summed E-state index contributed by atoms with van der Waals surface area (Å²) in [5.74, 6) is 0.507. The highest BCUT2D eigenvalue weighted by molar-refractivity contribution is 7.99. The molecule has 0 fully saturated rings. The number of pyridine rings is 1. The van der Waals surface area contributed by atoms with Crippen LogP contribution in [0.15, 0.2) is 22.9 Å². The van der Waals surface area contributed by atoms with Crippen LogP contribution in [0, 0.1) is 13.8 Å². The van der Waals surface area contributed by atoms with Gasteiger partial charge in [0.2, 0.25) is 0 Å². The Hall–Kier alpha value is -2.06. The molecule has 9 heteroatoms. The molecule has 7 nitrogen and oxygen atoms in total. The minimum absolute atomic E-state index is 0.130. The average Bonchev–Trinajstić information content (AvgIpc) is 2.87. The first-order valence-corrected chi connectivity index (χ1v) is 8.56. The number of anilines is 1. The van der Waals surface area contributed by atoms with Crippen LogP contribution in [0.25, 0.3) is 0 Å². The number of carbonyl (C=O) groups excluding carboxylic acids is 2. The van der Waals surface area contributed by atoms with Gasteiger partial charge in [0.1, 0.15) is 5.76 Å². The van der Waals surface area contributed by atoms with Crippen LogP contribution < -0.4 is 5.32 Å². The van der Waals surface area contributed by atoms with E-state index in [2.05, 4.69) is 15.5 Å². The van der Waals surface area contributed by atoms with Crippen molar-refractivity contribution in [1.29, 1.82) is 0 Å². The molecule has 0 aliphatic carbocycles. The molecule has 0 spiro atoms. The number of halogens is 1. The molecule has 2 heterocycles. The molecule has 0 atom stereocenters. The summed E-state index contributed by atoms with van der Waals surface area (Å²) in [6.07, 6.45) is 1.51. The molecule has 24 heavy (non-hydrogen) atoms. The summed E-state index contributed by atoms with van der Waals surface area (Å²) in [7, 11) is 0. The number of aryl methyl sites for hydroxylation is 2. The van der Waals surface area contributed by atoms with Crippen molar-refractivity contribution in [2.75, 3.05) is 17.7 Å². The first-order valence-electron chi connectivity index (χ1n) is 7.03. The van der Waals surface area contributed by atoms with Crippen molar-refractivity contribution in [3.63, 3.8) is 0 Å². The van der Waals surface area contributed by atoms with E-state index in [0.717, 1.165) is 17.0 Å². The Morgan fingerprint density at radius 1 is 1.42 bits per heavy atom. The number of thioether (sulfide) groups is 1. The molecule has 2 aromatic heterocycles. The highest BCUT2D eigenvalue weighted by atomic mass is 35.5. The van der Waals surface area contributed by atoms with Gasteiger partial charge in [0.05, 0.1) is 17.1 Å². The lowest BCUT2D eigenvalue weighted by molar-refractivity contribution is -0.144. The molecule has 2 rings (SSSR count). The summed E-state index contributed by atoms with van der Waals surface area (Å²) in [5, 5.41) is 6.54. The van der Waals surface area contributed by atoms with Crippen molar-refractivity contribution >= 4 is 40.9 Å². The smallest absolute Gasteiger partial charge is 0.316 e. The fourth-order valence-corrected chi connectivity index (χ4v) is 2.93. The van der Waals surface area contributed by atoms with Gasteiger partial charge in [-0.25, -0.2) is 4.98 Å². The Kier molecular flexibility index (Phi) is 6.62. The van der Waals surface area contributed by atoms with Gasteiger partial charge in [-0.1, -0.05) is 16.8 Å². The first-order chi connectivity index (χ1) is 11.5. The predicted octanol–water partition coefficient (Wildman–Crippen LogP) is 2.75. The number of aromatic nitrogens is 2. The van der Waals surface area contributed by atoms with Crippen molar-refractivity contribution in [3.05, 3.63) is 40.5 Å². The first kappa shape index (κ1) is 18.3. The second kappa shape index (κ2) is 8.70. The molecule has 2 aromatic rings. The van der Waals surface area contributed by atoms with Crippen molar-refractivity contribution in [3.8, 4) is 0 Å². The van der Waals surface area contributed by atoms with Gasteiger partial charge in [0.15, 0.2) is 11.8 Å². The summed E-state index contributed by atoms with van der Waals surface area (Å²) in [5.41, 5.74) is 2.14. The zero-order valence-electron chi connectivity index (χ0n) is 13.2. The monoisotopic (exact) mass is 369 g/mol. The summed E-state index contributed by atoms with van der Waals surface area (Å²) in [4.78, 5) is 27.2. The summed E-state index contributed by atoms with van der Waals surface area (Å²) >= 11 is 7.19. The van der Waals surface area contributed by atoms with E-state index in [0.29, 0.717) is 11.4 Å². The Labute approximate surface area is 148 Å². The molecule has 0 aliphatic heterocycles. The molecule has 1 N–H and O–H groups in total. The lowest BCUT2D eigenvalue weighted by Crippen LogP contribution is -2.21. The van der Waals surface area contributed by atoms with Crippen LogP contribution in [0.3, 0.4) is 0 Å². The zero-order valence-corrected chi connectivity index (χ0v) is 14.7. The van der Waals surface area contributed by atoms with Crippen LogP contribution in [0.2, 0.25) is 5.15 Å². The number of rotatable bonds is 7. The second-order valence-corrected chi connectivity index (χ2v) is 6.19. The van der Waals surface area contributed by atoms with Crippen molar-refractivity contribution in [1.82, 2.24) is 10.1 Å². The van der Waals surface area contributed by atoms with E-state index >= 15 is 0 Å². The predicted molar refractivity (Wildman–Crippen MR) is 91.0 cm³/mol. The van der Waals surface area contributed by atoms with E-state index in [9.17, 15) is 9.59 Å². The maximum absolute atomic E-state index is 11.7. The quantitative estimate of drug-likeness (QED) is 0.592. The molecule has 128 valence electrons. The molecule has 1 amide bonds. The maximum atomic E-state index is 11.7. The molecule has 0 unspecified atom stereocenters. The lowest BCUT2D eigenvalue weighted by atomic mass is 10.2. The van der Waals surface area contributed by atoms with Crippen LogP contribution in [0.4, 0.5) is 5.69 Å². The minimum Gasteiger partial charge on any atom is -0.455 e. The van der Waals surface area contributed by atoms with Gasteiger partial charge in [-0.05, 0) is 26.0 Å². The third kappa shape index (κ3) is 5.24. The number of nitrogens with zero attached hydrogens (tertiary/aromatic N) is 2. The number of hydrogen-bond donors (Lipinski definition) is 1. The van der Waals surface area contributed by atoms with Gasteiger partial charge >= 0.3 is 5.97 Å². The fourth-order valence-electron chi connectivity index (χ4n) is 1.80. The van der Waals surface area contributed by atoms with Crippen LogP contribution in [0.5, 0.6) is 0 Å². The highest BCUT2D eigenvalue weighted by Crippen LogP contribution is 2.19. The van der Waals surface area contributed by atoms with Crippen molar-refractivity contribution in [2.45, 2.75) is 19.6 Å². The van der Waals surface area contributed by atoms with Crippen LogP contribution >= 0.6 is 23.4 Å². The van der Waals surface area contributed by atoms with E-state index in [1.54, 1.807) is 12.1 Å². The number of esters is 1. The molecular weight excluding hydrogens is 354 g/mol. The maximum Gasteiger partial charge on any atom is 0.316 e. The van der Waals surface area contributed by atoms with E-state index in [1.165, 1.54) is 18.0 Å². The largest absolute Gasteiger partial charge is 0.455 e. The number of carbonyl (C=O) groups is 2. The topological polar surface area (TPSA) is 94.3 Å². The second-order valence-electron chi connectivity index (χ2n) is 4.85. The van der Waals surface area contributed by atoms with E-state index < -0.39 is 11.9 Å². The van der Waals surface area contributed by atoms with Crippen LogP contribution in [-0.2, 0) is 20.1 Å². The number of nitrogens with one attached hydrogen (secondary N) is 1. The van der Waals surface area contributed by atoms with Crippen LogP contribution in [0.1, 0.15) is 17.0 Å². The van der Waals surface area contributed by atoms with Gasteiger partial charge in [0, 0.05) is 17.5 Å². The van der Waals surface area contributed by atoms with Gasteiger partial charge < -0.3 is 14.6 Å². The Morgan fingerprint density at radius 3 is 2.88 bits per heavy atom. The molecule has 0 radical (unpaired) electrons. The minimum atomic E-state index is -0.478. The summed E-state index contributed by atoms with van der Waals surface area (Å²) < 4.78 is 9.97. The Morgan fingerprint density at radius 2 is 2.21 bits per heavy atom. The third-order valence-corrected chi connectivity index (χ3v) is 4.28. The molecule has 0 aliphatic rings. The van der Waals surface area contributed by atoms with Crippen LogP contribution in [-0.4, -0.2) is 34.4 Å². The van der Waals surface area contributed by atoms with Crippen molar-refractivity contribution in [2.24, 2.45) is 0 Å². The number of ether oxygens (including phenoxy) is 1. The van der Waals surface area contributed by atoms with Crippen molar-refractivity contribution < 1.29 is 18.8 Å².